The lowest BCUT2D eigenvalue weighted by Gasteiger charge is -2.21. The summed E-state index contributed by atoms with van der Waals surface area (Å²) < 4.78 is 15.8. The van der Waals surface area contributed by atoms with Gasteiger partial charge in [-0.15, -0.1) is 0 Å². The summed E-state index contributed by atoms with van der Waals surface area (Å²) >= 11 is 0. The van der Waals surface area contributed by atoms with Crippen molar-refractivity contribution in [3.05, 3.63) is 22.3 Å². The molecule has 1 fully saturated rings. The first kappa shape index (κ1) is 21.1. The number of nitro groups is 1. The van der Waals surface area contributed by atoms with Gasteiger partial charge in [0.05, 0.1) is 0 Å². The standard InChI is InChI=1S/C18H27NO6/c1-4-23-18(24-5-2)12-9-14(3)25-17(20)11-10-15-7-6-8-16(13-15)19(21)22/h10-11,14-16,18H,4-8,13H2,1-3H3/b11-10+/t14-,15?,16?/m1/s1. The summed E-state index contributed by atoms with van der Waals surface area (Å²) in [5.74, 6) is 5.09. The number of hydrogen-bond donors (Lipinski definition) is 0. The average molecular weight is 353 g/mol. The maximum atomic E-state index is 11.8. The Hall–Kier alpha value is -1.91. The lowest BCUT2D eigenvalue weighted by molar-refractivity contribution is -0.527. The van der Waals surface area contributed by atoms with Gasteiger partial charge in [-0.05, 0) is 45.5 Å². The Morgan fingerprint density at radius 2 is 1.96 bits per heavy atom. The first-order valence-electron chi connectivity index (χ1n) is 8.72. The molecule has 0 aliphatic heterocycles. The molecule has 0 bridgehead atoms. The fourth-order valence-corrected chi connectivity index (χ4v) is 2.64. The molecule has 0 N–H and O–H groups in total. The topological polar surface area (TPSA) is 87.9 Å². The Bertz CT molecular complexity index is 515. The number of hydrogen-bond acceptors (Lipinski definition) is 6. The van der Waals surface area contributed by atoms with Crippen LogP contribution in [0.5, 0.6) is 0 Å². The van der Waals surface area contributed by atoms with E-state index in [1.54, 1.807) is 13.0 Å². The van der Waals surface area contributed by atoms with E-state index in [2.05, 4.69) is 11.8 Å². The van der Waals surface area contributed by atoms with Crippen LogP contribution in [-0.4, -0.2) is 42.5 Å². The van der Waals surface area contributed by atoms with Gasteiger partial charge in [-0.2, -0.15) is 0 Å². The van der Waals surface area contributed by atoms with E-state index in [-0.39, 0.29) is 10.8 Å². The van der Waals surface area contributed by atoms with Crippen molar-refractivity contribution >= 4 is 5.97 Å². The van der Waals surface area contributed by atoms with Gasteiger partial charge in [0.25, 0.3) is 0 Å². The molecule has 1 aliphatic carbocycles. The monoisotopic (exact) mass is 353 g/mol. The molecule has 0 spiro atoms. The second-order valence-electron chi connectivity index (χ2n) is 5.84. The second-order valence-corrected chi connectivity index (χ2v) is 5.84. The molecule has 0 saturated heterocycles. The van der Waals surface area contributed by atoms with Crippen molar-refractivity contribution in [2.75, 3.05) is 13.2 Å². The van der Waals surface area contributed by atoms with Gasteiger partial charge < -0.3 is 14.2 Å². The molecule has 2 unspecified atom stereocenters. The Morgan fingerprint density at radius 1 is 1.28 bits per heavy atom. The van der Waals surface area contributed by atoms with Crippen LogP contribution in [0.4, 0.5) is 0 Å². The third-order valence-corrected chi connectivity index (χ3v) is 3.82. The van der Waals surface area contributed by atoms with Crippen LogP contribution in [0.1, 0.15) is 46.5 Å². The molecule has 0 aromatic rings. The van der Waals surface area contributed by atoms with Crippen molar-refractivity contribution in [3.63, 3.8) is 0 Å². The maximum Gasteiger partial charge on any atom is 0.331 e. The Morgan fingerprint density at radius 3 is 2.56 bits per heavy atom. The number of allylic oxidation sites excluding steroid dienone is 1. The molecule has 140 valence electrons. The number of rotatable bonds is 8. The second kappa shape index (κ2) is 11.6. The third-order valence-electron chi connectivity index (χ3n) is 3.82. The lowest BCUT2D eigenvalue weighted by atomic mass is 9.86. The fraction of sp³-hybridized carbons (Fsp3) is 0.722. The molecule has 1 aliphatic rings. The zero-order valence-electron chi connectivity index (χ0n) is 15.1. The fourth-order valence-electron chi connectivity index (χ4n) is 2.64. The number of esters is 1. The first-order valence-corrected chi connectivity index (χ1v) is 8.72. The van der Waals surface area contributed by atoms with E-state index in [1.165, 1.54) is 6.08 Å². The van der Waals surface area contributed by atoms with Crippen molar-refractivity contribution in [2.45, 2.75) is 64.9 Å². The van der Waals surface area contributed by atoms with Crippen molar-refractivity contribution in [1.29, 1.82) is 0 Å². The maximum absolute atomic E-state index is 11.8. The number of carbonyl (C=O) groups is 1. The van der Waals surface area contributed by atoms with Crippen molar-refractivity contribution in [3.8, 4) is 11.8 Å². The predicted octanol–water partition coefficient (Wildman–Crippen LogP) is 2.71. The van der Waals surface area contributed by atoms with E-state index in [1.807, 2.05) is 13.8 Å². The highest BCUT2D eigenvalue weighted by Crippen LogP contribution is 2.26. The molecule has 0 amide bonds. The highest BCUT2D eigenvalue weighted by molar-refractivity contribution is 5.82. The summed E-state index contributed by atoms with van der Waals surface area (Å²) in [5, 5.41) is 10.9. The molecule has 0 aromatic heterocycles. The zero-order valence-corrected chi connectivity index (χ0v) is 15.1. The van der Waals surface area contributed by atoms with Crippen LogP contribution in [-0.2, 0) is 19.0 Å². The minimum Gasteiger partial charge on any atom is -0.446 e. The molecule has 7 heteroatoms. The molecule has 7 nitrogen and oxygen atoms in total. The minimum absolute atomic E-state index is 0.0402. The van der Waals surface area contributed by atoms with Crippen molar-refractivity contribution in [1.82, 2.24) is 0 Å². The first-order chi connectivity index (χ1) is 12.0. The van der Waals surface area contributed by atoms with Gasteiger partial charge in [0.1, 0.15) is 0 Å². The van der Waals surface area contributed by atoms with Crippen LogP contribution in [0.2, 0.25) is 0 Å². The summed E-state index contributed by atoms with van der Waals surface area (Å²) in [6.07, 6.45) is 4.55. The van der Waals surface area contributed by atoms with Gasteiger partial charge in [-0.3, -0.25) is 10.1 Å². The molecule has 0 radical (unpaired) electrons. The Kier molecular flexibility index (Phi) is 9.81. The molecule has 0 aromatic carbocycles. The molecule has 3 atom stereocenters. The number of carbonyl (C=O) groups excluding carboxylic acids is 1. The zero-order chi connectivity index (χ0) is 18.7. The van der Waals surface area contributed by atoms with E-state index in [9.17, 15) is 14.9 Å². The summed E-state index contributed by atoms with van der Waals surface area (Å²) in [7, 11) is 0. The van der Waals surface area contributed by atoms with Crippen molar-refractivity contribution in [2.24, 2.45) is 5.92 Å². The minimum atomic E-state index is -0.631. The highest BCUT2D eigenvalue weighted by Gasteiger charge is 2.28. The van der Waals surface area contributed by atoms with Crippen LogP contribution in [0.25, 0.3) is 0 Å². The summed E-state index contributed by atoms with van der Waals surface area (Å²) in [6, 6.07) is -0.515. The van der Waals surface area contributed by atoms with Gasteiger partial charge >= 0.3 is 5.97 Å². The van der Waals surface area contributed by atoms with Crippen molar-refractivity contribution < 1.29 is 23.9 Å². The Labute approximate surface area is 148 Å². The summed E-state index contributed by atoms with van der Waals surface area (Å²) in [4.78, 5) is 22.5. The van der Waals surface area contributed by atoms with Gasteiger partial charge in [-0.25, -0.2) is 4.79 Å². The molecule has 1 saturated carbocycles. The van der Waals surface area contributed by atoms with E-state index in [0.717, 1.165) is 12.8 Å². The van der Waals surface area contributed by atoms with Gasteiger partial charge in [0, 0.05) is 37.1 Å². The van der Waals surface area contributed by atoms with Gasteiger partial charge in [-0.1, -0.05) is 12.0 Å². The summed E-state index contributed by atoms with van der Waals surface area (Å²) in [6.45, 7) is 6.30. The quantitative estimate of drug-likeness (QED) is 0.166. The van der Waals surface area contributed by atoms with E-state index >= 15 is 0 Å². The van der Waals surface area contributed by atoms with Crippen LogP contribution in [0.3, 0.4) is 0 Å². The van der Waals surface area contributed by atoms with E-state index in [4.69, 9.17) is 14.2 Å². The smallest absolute Gasteiger partial charge is 0.331 e. The van der Waals surface area contributed by atoms with Crippen LogP contribution < -0.4 is 0 Å². The lowest BCUT2D eigenvalue weighted by Crippen LogP contribution is -2.26. The van der Waals surface area contributed by atoms with Gasteiger partial charge in [0.2, 0.25) is 12.3 Å². The van der Waals surface area contributed by atoms with E-state index in [0.29, 0.717) is 26.1 Å². The normalized spacial score (nSPS) is 21.6. The van der Waals surface area contributed by atoms with E-state index < -0.39 is 24.4 Å². The largest absolute Gasteiger partial charge is 0.446 e. The molecule has 0 heterocycles. The average Bonchev–Trinajstić information content (AvgIpc) is 2.58. The van der Waals surface area contributed by atoms with Crippen LogP contribution >= 0.6 is 0 Å². The van der Waals surface area contributed by atoms with Crippen LogP contribution in [0, 0.1) is 27.9 Å². The third kappa shape index (κ3) is 8.66. The number of nitrogens with zero attached hydrogens (tertiary/aromatic N) is 1. The van der Waals surface area contributed by atoms with Crippen LogP contribution in [0.15, 0.2) is 12.2 Å². The SMILES string of the molecule is CCOC(C#C[C@@H](C)OC(=O)/C=C/C1CCCC([N+](=O)[O-])C1)OCC. The molecule has 1 rings (SSSR count). The molecule has 25 heavy (non-hydrogen) atoms. The van der Waals surface area contributed by atoms with Gasteiger partial charge in [0.15, 0.2) is 6.10 Å². The Balaban J connectivity index is 2.46. The summed E-state index contributed by atoms with van der Waals surface area (Å²) in [5.41, 5.74) is 0. The highest BCUT2D eigenvalue weighted by atomic mass is 16.7. The molecular formula is C18H27NO6. The molecular weight excluding hydrogens is 326 g/mol. The predicted molar refractivity (Wildman–Crippen MR) is 92.3 cm³/mol. The number of ether oxygens (including phenoxy) is 3.